The second-order valence-corrected chi connectivity index (χ2v) is 7.21. The molecule has 0 spiro atoms. The van der Waals surface area contributed by atoms with Crippen LogP contribution in [0.25, 0.3) is 11.3 Å². The Morgan fingerprint density at radius 2 is 1.67 bits per heavy atom. The van der Waals surface area contributed by atoms with E-state index in [-0.39, 0.29) is 23.5 Å². The Balaban J connectivity index is 1.40. The number of hydrogen-bond acceptors (Lipinski definition) is 9. The lowest BCUT2D eigenvalue weighted by atomic mass is 10.1. The molecule has 30 heavy (non-hydrogen) atoms. The number of phenols is 1. The number of thiazole rings is 1. The van der Waals surface area contributed by atoms with Crippen molar-refractivity contribution in [1.29, 1.82) is 0 Å². The number of phenolic OH excluding ortho intramolecular Hbond substituents is 1. The van der Waals surface area contributed by atoms with Crippen molar-refractivity contribution < 1.29 is 9.50 Å². The maximum atomic E-state index is 13.1. The Morgan fingerprint density at radius 3 is 2.43 bits per heavy atom. The number of nitrogens with one attached hydrogen (secondary N) is 2. The van der Waals surface area contributed by atoms with Gasteiger partial charge in [0.15, 0.2) is 5.13 Å². The van der Waals surface area contributed by atoms with Gasteiger partial charge in [0.2, 0.25) is 17.8 Å². The van der Waals surface area contributed by atoms with Gasteiger partial charge >= 0.3 is 0 Å². The van der Waals surface area contributed by atoms with Crippen LogP contribution in [0.15, 0.2) is 53.9 Å². The number of nitrogens with two attached hydrogens (primary N) is 1. The summed E-state index contributed by atoms with van der Waals surface area (Å²) >= 11 is 1.37. The smallest absolute Gasteiger partial charge is 0.235 e. The molecule has 4 rings (SSSR count). The van der Waals surface area contributed by atoms with Gasteiger partial charge in [0.05, 0.1) is 5.69 Å². The van der Waals surface area contributed by atoms with Gasteiger partial charge in [-0.3, -0.25) is 5.32 Å². The van der Waals surface area contributed by atoms with E-state index in [0.717, 1.165) is 23.2 Å². The molecule has 5 N–H and O–H groups in total. The highest BCUT2D eigenvalue weighted by Gasteiger charge is 2.09. The van der Waals surface area contributed by atoms with Gasteiger partial charge in [0.1, 0.15) is 11.6 Å². The Morgan fingerprint density at radius 1 is 0.933 bits per heavy atom. The molecule has 152 valence electrons. The second kappa shape index (κ2) is 8.70. The van der Waals surface area contributed by atoms with Gasteiger partial charge in [-0.2, -0.15) is 15.0 Å². The molecule has 0 atom stereocenters. The van der Waals surface area contributed by atoms with Crippen molar-refractivity contribution in [1.82, 2.24) is 19.9 Å². The third-order valence-corrected chi connectivity index (χ3v) is 4.91. The molecule has 0 saturated heterocycles. The van der Waals surface area contributed by atoms with E-state index in [0.29, 0.717) is 17.6 Å². The first kappa shape index (κ1) is 19.5. The molecular weight excluding hydrogens is 405 g/mol. The molecule has 0 aliphatic heterocycles. The summed E-state index contributed by atoms with van der Waals surface area (Å²) in [6, 6.07) is 13.1. The van der Waals surface area contributed by atoms with E-state index in [2.05, 4.69) is 30.6 Å². The number of halogens is 1. The van der Waals surface area contributed by atoms with E-state index in [1.807, 2.05) is 17.5 Å². The molecule has 0 unspecified atom stereocenters. The van der Waals surface area contributed by atoms with Gasteiger partial charge in [0.25, 0.3) is 0 Å². The molecule has 0 aliphatic rings. The van der Waals surface area contributed by atoms with E-state index in [1.54, 1.807) is 24.3 Å². The summed E-state index contributed by atoms with van der Waals surface area (Å²) in [6.07, 6.45) is 0.724. The average molecular weight is 423 g/mol. The zero-order valence-electron chi connectivity index (χ0n) is 15.7. The SMILES string of the molecule is Nc1nc(NCCc2ccc(O)cc2)nc(Nc2nc(-c3ccc(F)cc3)cs2)n1. The molecular formula is C20H18FN7OS. The molecule has 0 saturated carbocycles. The molecule has 8 nitrogen and oxygen atoms in total. The molecule has 2 aromatic carbocycles. The minimum atomic E-state index is -0.293. The highest BCUT2D eigenvalue weighted by Crippen LogP contribution is 2.26. The van der Waals surface area contributed by atoms with Gasteiger partial charge in [-0.25, -0.2) is 9.37 Å². The molecule has 0 bridgehead atoms. The van der Waals surface area contributed by atoms with Crippen LogP contribution in [0, 0.1) is 5.82 Å². The average Bonchev–Trinajstić information content (AvgIpc) is 3.18. The van der Waals surface area contributed by atoms with E-state index in [4.69, 9.17) is 5.73 Å². The van der Waals surface area contributed by atoms with Gasteiger partial charge in [-0.1, -0.05) is 12.1 Å². The predicted molar refractivity (Wildman–Crippen MR) is 115 cm³/mol. The zero-order valence-corrected chi connectivity index (χ0v) is 16.5. The summed E-state index contributed by atoms with van der Waals surface area (Å²) in [5.41, 5.74) is 8.40. The van der Waals surface area contributed by atoms with Crippen molar-refractivity contribution in [2.75, 3.05) is 22.9 Å². The summed E-state index contributed by atoms with van der Waals surface area (Å²) in [4.78, 5) is 17.0. The summed E-state index contributed by atoms with van der Waals surface area (Å²) < 4.78 is 13.1. The Hall–Kier alpha value is -3.79. The normalized spacial score (nSPS) is 10.7. The molecule has 0 fully saturated rings. The fourth-order valence-corrected chi connectivity index (χ4v) is 3.40. The number of rotatable bonds is 7. The maximum absolute atomic E-state index is 13.1. The molecule has 4 aromatic rings. The van der Waals surface area contributed by atoms with E-state index >= 15 is 0 Å². The predicted octanol–water partition coefficient (Wildman–Crippen LogP) is 3.82. The van der Waals surface area contributed by atoms with Crippen LogP contribution in [0.3, 0.4) is 0 Å². The van der Waals surface area contributed by atoms with Crippen molar-refractivity contribution >= 4 is 34.3 Å². The fraction of sp³-hybridized carbons (Fsp3) is 0.100. The van der Waals surface area contributed by atoms with Gasteiger partial charge in [-0.15, -0.1) is 11.3 Å². The molecule has 2 heterocycles. The molecule has 0 aliphatic carbocycles. The maximum Gasteiger partial charge on any atom is 0.235 e. The quantitative estimate of drug-likeness (QED) is 0.354. The number of nitrogen functional groups attached to an aromatic ring is 1. The highest BCUT2D eigenvalue weighted by molar-refractivity contribution is 7.14. The molecule has 0 amide bonds. The largest absolute Gasteiger partial charge is 0.508 e. The fourth-order valence-electron chi connectivity index (χ4n) is 2.69. The zero-order chi connectivity index (χ0) is 20.9. The van der Waals surface area contributed by atoms with E-state index < -0.39 is 0 Å². The Labute approximate surface area is 175 Å². The number of benzene rings is 2. The minimum absolute atomic E-state index is 0.0787. The molecule has 2 aromatic heterocycles. The third-order valence-electron chi connectivity index (χ3n) is 4.15. The Bertz CT molecular complexity index is 1130. The number of anilines is 4. The van der Waals surface area contributed by atoms with Gasteiger partial charge in [-0.05, 0) is 48.4 Å². The van der Waals surface area contributed by atoms with Crippen molar-refractivity contribution in [3.05, 3.63) is 65.3 Å². The lowest BCUT2D eigenvalue weighted by Gasteiger charge is -2.08. The van der Waals surface area contributed by atoms with Crippen LogP contribution in [0.1, 0.15) is 5.56 Å². The van der Waals surface area contributed by atoms with Crippen LogP contribution in [-0.4, -0.2) is 31.6 Å². The van der Waals surface area contributed by atoms with Crippen LogP contribution in [0.5, 0.6) is 5.75 Å². The number of hydrogen-bond donors (Lipinski definition) is 4. The number of aromatic hydroxyl groups is 1. The van der Waals surface area contributed by atoms with Crippen molar-refractivity contribution in [2.24, 2.45) is 0 Å². The van der Waals surface area contributed by atoms with Crippen LogP contribution in [-0.2, 0) is 6.42 Å². The van der Waals surface area contributed by atoms with Crippen LogP contribution < -0.4 is 16.4 Å². The van der Waals surface area contributed by atoms with E-state index in [1.165, 1.54) is 23.5 Å². The monoisotopic (exact) mass is 423 g/mol. The van der Waals surface area contributed by atoms with Crippen LogP contribution >= 0.6 is 11.3 Å². The summed E-state index contributed by atoms with van der Waals surface area (Å²) in [5.74, 6) is 0.638. The van der Waals surface area contributed by atoms with Gasteiger partial charge in [0, 0.05) is 17.5 Å². The lowest BCUT2D eigenvalue weighted by Crippen LogP contribution is -2.11. The topological polar surface area (TPSA) is 122 Å². The second-order valence-electron chi connectivity index (χ2n) is 6.35. The first-order valence-corrected chi connectivity index (χ1v) is 9.95. The minimum Gasteiger partial charge on any atom is -0.508 e. The molecule has 10 heteroatoms. The van der Waals surface area contributed by atoms with E-state index in [9.17, 15) is 9.50 Å². The van der Waals surface area contributed by atoms with Gasteiger partial charge < -0.3 is 16.2 Å². The number of aromatic nitrogens is 4. The van der Waals surface area contributed by atoms with Crippen LogP contribution in [0.4, 0.5) is 27.4 Å². The summed E-state index contributed by atoms with van der Waals surface area (Å²) in [5, 5.41) is 17.9. The first-order chi connectivity index (χ1) is 14.5. The van der Waals surface area contributed by atoms with Crippen LogP contribution in [0.2, 0.25) is 0 Å². The summed E-state index contributed by atoms with van der Waals surface area (Å²) in [6.45, 7) is 0.583. The van der Waals surface area contributed by atoms with Crippen molar-refractivity contribution in [3.8, 4) is 17.0 Å². The lowest BCUT2D eigenvalue weighted by molar-refractivity contribution is 0.475. The Kier molecular flexibility index (Phi) is 5.66. The third kappa shape index (κ3) is 4.97. The first-order valence-electron chi connectivity index (χ1n) is 9.07. The molecule has 0 radical (unpaired) electrons. The highest BCUT2D eigenvalue weighted by atomic mass is 32.1. The van der Waals surface area contributed by atoms with Crippen molar-refractivity contribution in [2.45, 2.75) is 6.42 Å². The van der Waals surface area contributed by atoms with Crippen molar-refractivity contribution in [3.63, 3.8) is 0 Å². The number of nitrogens with zero attached hydrogens (tertiary/aromatic N) is 4. The summed E-state index contributed by atoms with van der Waals surface area (Å²) in [7, 11) is 0. The standard InChI is InChI=1S/C20H18FN7OS/c21-14-5-3-13(4-6-14)16-11-30-20(24-16)28-19-26-17(22)25-18(27-19)23-10-9-12-1-7-15(29)8-2-12/h1-8,11,29H,9-10H2,(H4,22,23,24,25,26,27,28).